The van der Waals surface area contributed by atoms with E-state index < -0.39 is 29.5 Å². The number of carbonyl (C=O) groups excluding carboxylic acids is 3. The normalized spacial score (nSPS) is 11.2. The van der Waals surface area contributed by atoms with E-state index in [1.807, 2.05) is 6.07 Å². The Morgan fingerprint density at radius 1 is 1.05 bits per heavy atom. The maximum atomic E-state index is 13.1. The maximum Gasteiger partial charge on any atom is 0.416 e. The van der Waals surface area contributed by atoms with Crippen LogP contribution in [-0.4, -0.2) is 34.3 Å². The average molecular weight is 534 g/mol. The molecule has 4 aromatic rings. The number of carbonyl (C=O) groups is 3. The van der Waals surface area contributed by atoms with Crippen LogP contribution >= 0.6 is 0 Å². The van der Waals surface area contributed by atoms with Crippen molar-refractivity contribution in [3.63, 3.8) is 0 Å². The van der Waals surface area contributed by atoms with Crippen LogP contribution in [-0.2, 0) is 17.5 Å². The number of halogens is 3. The van der Waals surface area contributed by atoms with Gasteiger partial charge in [0.1, 0.15) is 0 Å². The number of nitriles is 1. The lowest BCUT2D eigenvalue weighted by Crippen LogP contribution is -2.26. The summed E-state index contributed by atoms with van der Waals surface area (Å²) in [4.78, 5) is 42.9. The molecular formula is C27H21F3N6O3. The highest BCUT2D eigenvalue weighted by Gasteiger charge is 2.31. The zero-order valence-electron chi connectivity index (χ0n) is 20.5. The van der Waals surface area contributed by atoms with Crippen LogP contribution in [0.25, 0.3) is 11.0 Å². The van der Waals surface area contributed by atoms with Crippen LogP contribution in [0.4, 0.5) is 24.8 Å². The van der Waals surface area contributed by atoms with E-state index in [1.165, 1.54) is 42.3 Å². The summed E-state index contributed by atoms with van der Waals surface area (Å²) in [5.74, 6) is -1.62. The number of aromatic nitrogens is 2. The van der Waals surface area contributed by atoms with Crippen LogP contribution < -0.4 is 16.0 Å². The van der Waals surface area contributed by atoms with Gasteiger partial charge in [0.05, 0.1) is 28.2 Å². The zero-order chi connectivity index (χ0) is 28.3. The van der Waals surface area contributed by atoms with E-state index in [1.54, 1.807) is 22.8 Å². The van der Waals surface area contributed by atoms with Crippen LogP contribution in [0.3, 0.4) is 0 Å². The van der Waals surface area contributed by atoms with Gasteiger partial charge in [-0.05, 0) is 60.7 Å². The van der Waals surface area contributed by atoms with E-state index in [9.17, 15) is 27.6 Å². The summed E-state index contributed by atoms with van der Waals surface area (Å²) in [6.07, 6.45) is -4.63. The number of primary amides is 1. The topological polar surface area (TPSA) is 134 Å². The molecular weight excluding hydrogens is 513 g/mol. The van der Waals surface area contributed by atoms with Crippen molar-refractivity contribution in [2.75, 3.05) is 17.3 Å². The Morgan fingerprint density at radius 2 is 1.77 bits per heavy atom. The average Bonchev–Trinajstić information content (AvgIpc) is 3.26. The SMILES string of the molecule is CN(C(=O)c1cccc(C(F)(F)F)c1)c1ccc2c(c1)nc(NC(=O)c1ccc(C#N)cc1)n2CCC(N)=O. The van der Waals surface area contributed by atoms with Gasteiger partial charge in [0, 0.05) is 36.8 Å². The summed E-state index contributed by atoms with van der Waals surface area (Å²) in [5, 5.41) is 11.6. The second-order valence-electron chi connectivity index (χ2n) is 8.56. The first-order valence-corrected chi connectivity index (χ1v) is 11.5. The quantitative estimate of drug-likeness (QED) is 0.364. The molecule has 0 fully saturated rings. The number of benzene rings is 3. The maximum absolute atomic E-state index is 13.1. The van der Waals surface area contributed by atoms with E-state index >= 15 is 0 Å². The Morgan fingerprint density at radius 3 is 2.41 bits per heavy atom. The van der Waals surface area contributed by atoms with Crippen molar-refractivity contribution in [2.24, 2.45) is 5.73 Å². The van der Waals surface area contributed by atoms with Crippen molar-refractivity contribution in [3.05, 3.63) is 89.0 Å². The van der Waals surface area contributed by atoms with Gasteiger partial charge in [-0.1, -0.05) is 6.07 Å². The summed E-state index contributed by atoms with van der Waals surface area (Å²) in [6, 6.07) is 16.8. The lowest BCUT2D eigenvalue weighted by atomic mass is 10.1. The molecule has 0 radical (unpaired) electrons. The van der Waals surface area contributed by atoms with E-state index in [0.29, 0.717) is 22.3 Å². The molecule has 1 aromatic heterocycles. The van der Waals surface area contributed by atoms with Crippen LogP contribution in [0.1, 0.15) is 38.3 Å². The third-order valence-electron chi connectivity index (χ3n) is 5.94. The minimum Gasteiger partial charge on any atom is -0.370 e. The predicted octanol–water partition coefficient (Wildman–Crippen LogP) is 4.33. The first-order valence-electron chi connectivity index (χ1n) is 11.5. The Hall–Kier alpha value is -5.18. The Balaban J connectivity index is 1.66. The van der Waals surface area contributed by atoms with Gasteiger partial charge in [-0.3, -0.25) is 19.7 Å². The smallest absolute Gasteiger partial charge is 0.370 e. The summed E-state index contributed by atoms with van der Waals surface area (Å²) in [6.45, 7) is 0.104. The Bertz CT molecular complexity index is 1620. The number of hydrogen-bond donors (Lipinski definition) is 2. The van der Waals surface area contributed by atoms with Crippen molar-refractivity contribution in [1.29, 1.82) is 5.26 Å². The minimum absolute atomic E-state index is 0.0408. The number of anilines is 2. The van der Waals surface area contributed by atoms with Gasteiger partial charge in [0.25, 0.3) is 11.8 Å². The molecule has 0 aliphatic heterocycles. The standard InChI is InChI=1S/C27H21F3N6O3/c1-35(25(39)18-3-2-4-19(13-18)27(28,29)30)20-9-10-22-21(14-20)33-26(36(22)12-11-23(32)37)34-24(38)17-7-5-16(15-31)6-8-17/h2-10,13-14H,11-12H2,1H3,(H2,32,37)(H,33,34,38). The third-order valence-corrected chi connectivity index (χ3v) is 5.94. The van der Waals surface area contributed by atoms with E-state index in [4.69, 9.17) is 11.0 Å². The fourth-order valence-electron chi connectivity index (χ4n) is 3.88. The van der Waals surface area contributed by atoms with Gasteiger partial charge in [-0.25, -0.2) is 4.98 Å². The lowest BCUT2D eigenvalue weighted by Gasteiger charge is -2.18. The highest BCUT2D eigenvalue weighted by atomic mass is 19.4. The van der Waals surface area contributed by atoms with Crippen molar-refractivity contribution in [3.8, 4) is 6.07 Å². The minimum atomic E-state index is -4.59. The molecule has 1 heterocycles. The fraction of sp³-hybridized carbons (Fsp3) is 0.148. The number of nitrogens with zero attached hydrogens (tertiary/aromatic N) is 4. The van der Waals surface area contributed by atoms with Gasteiger partial charge in [0.15, 0.2) is 0 Å². The summed E-state index contributed by atoms with van der Waals surface area (Å²) < 4.78 is 40.9. The van der Waals surface area contributed by atoms with Gasteiger partial charge in [-0.2, -0.15) is 18.4 Å². The van der Waals surface area contributed by atoms with Crippen molar-refractivity contribution < 1.29 is 27.6 Å². The molecule has 0 unspecified atom stereocenters. The molecule has 3 aromatic carbocycles. The second kappa shape index (κ2) is 10.7. The number of fused-ring (bicyclic) bond motifs is 1. The predicted molar refractivity (Wildman–Crippen MR) is 137 cm³/mol. The Kier molecular flexibility index (Phi) is 7.35. The third kappa shape index (κ3) is 5.88. The lowest BCUT2D eigenvalue weighted by molar-refractivity contribution is -0.137. The van der Waals surface area contributed by atoms with Crippen LogP contribution in [0.15, 0.2) is 66.7 Å². The molecule has 0 spiro atoms. The molecule has 0 aliphatic rings. The van der Waals surface area contributed by atoms with Crippen molar-refractivity contribution in [2.45, 2.75) is 19.1 Å². The molecule has 0 atom stereocenters. The summed E-state index contributed by atoms with van der Waals surface area (Å²) in [7, 11) is 1.42. The van der Waals surface area contributed by atoms with Gasteiger partial charge < -0.3 is 15.2 Å². The van der Waals surface area contributed by atoms with Crippen molar-refractivity contribution in [1.82, 2.24) is 9.55 Å². The van der Waals surface area contributed by atoms with Crippen LogP contribution in [0.5, 0.6) is 0 Å². The van der Waals surface area contributed by atoms with Gasteiger partial charge >= 0.3 is 6.18 Å². The number of nitrogens with two attached hydrogens (primary N) is 1. The number of amides is 3. The number of hydrogen-bond acceptors (Lipinski definition) is 5. The molecule has 198 valence electrons. The molecule has 0 saturated carbocycles. The van der Waals surface area contributed by atoms with Crippen molar-refractivity contribution >= 4 is 40.4 Å². The molecule has 0 bridgehead atoms. The molecule has 39 heavy (non-hydrogen) atoms. The summed E-state index contributed by atoms with van der Waals surface area (Å²) >= 11 is 0. The molecule has 3 amide bonds. The van der Waals surface area contributed by atoms with E-state index in [-0.39, 0.29) is 30.0 Å². The molecule has 9 nitrogen and oxygen atoms in total. The first kappa shape index (κ1) is 26.9. The van der Waals surface area contributed by atoms with E-state index in [0.717, 1.165) is 18.2 Å². The highest BCUT2D eigenvalue weighted by Crippen LogP contribution is 2.31. The number of aryl methyl sites for hydroxylation is 1. The summed E-state index contributed by atoms with van der Waals surface area (Å²) in [5.41, 5.74) is 6.11. The van der Waals surface area contributed by atoms with Crippen LogP contribution in [0, 0.1) is 11.3 Å². The van der Waals surface area contributed by atoms with Crippen LogP contribution in [0.2, 0.25) is 0 Å². The molecule has 4 rings (SSSR count). The Labute approximate surface area is 220 Å². The number of imidazole rings is 1. The molecule has 12 heteroatoms. The highest BCUT2D eigenvalue weighted by molar-refractivity contribution is 6.07. The van der Waals surface area contributed by atoms with Gasteiger partial charge in [-0.15, -0.1) is 0 Å². The first-order chi connectivity index (χ1) is 18.5. The number of nitrogens with one attached hydrogen (secondary N) is 1. The monoisotopic (exact) mass is 534 g/mol. The second-order valence-corrected chi connectivity index (χ2v) is 8.56. The molecule has 0 aliphatic carbocycles. The molecule has 0 saturated heterocycles. The largest absolute Gasteiger partial charge is 0.416 e. The molecule has 3 N–H and O–H groups in total. The van der Waals surface area contributed by atoms with E-state index in [2.05, 4.69) is 10.3 Å². The number of rotatable bonds is 7. The zero-order valence-corrected chi connectivity index (χ0v) is 20.5. The fourth-order valence-corrected chi connectivity index (χ4v) is 3.88. The van der Waals surface area contributed by atoms with Gasteiger partial charge in [0.2, 0.25) is 11.9 Å². The number of alkyl halides is 3.